The lowest BCUT2D eigenvalue weighted by molar-refractivity contribution is -0.146. The van der Waals surface area contributed by atoms with Crippen LogP contribution in [0.4, 0.5) is 0 Å². The van der Waals surface area contributed by atoms with Crippen LogP contribution in [0, 0.1) is 11.8 Å². The molecule has 1 saturated carbocycles. The Labute approximate surface area is 110 Å². The Hall–Kier alpha value is -0.610. The van der Waals surface area contributed by atoms with Crippen molar-refractivity contribution in [2.45, 2.75) is 44.6 Å². The van der Waals surface area contributed by atoms with E-state index in [-0.39, 0.29) is 0 Å². The average Bonchev–Trinajstić information content (AvgIpc) is 3.15. The van der Waals surface area contributed by atoms with Crippen molar-refractivity contribution < 1.29 is 9.90 Å². The molecule has 1 aliphatic heterocycles. The predicted octanol–water partition coefficient (Wildman–Crippen LogP) is 1.56. The summed E-state index contributed by atoms with van der Waals surface area (Å²) in [6.45, 7) is 5.06. The third kappa shape index (κ3) is 2.86. The molecule has 4 heteroatoms. The SMILES string of the molecule is CNC(CN1CCCC(C)CC1)(C(=O)O)C1CC1. The number of nitrogens with one attached hydrogen (secondary N) is 1. The molecule has 2 aliphatic rings. The number of rotatable bonds is 5. The summed E-state index contributed by atoms with van der Waals surface area (Å²) in [6.07, 6.45) is 5.78. The van der Waals surface area contributed by atoms with Crippen LogP contribution >= 0.6 is 0 Å². The standard InChI is InChI=1S/C14H26N2O2/c1-11-4-3-8-16(9-7-11)10-14(15-2,13(17)18)12-5-6-12/h11-12,15H,3-10H2,1-2H3,(H,17,18). The number of likely N-dealkylation sites (tertiary alicyclic amines) is 1. The highest BCUT2D eigenvalue weighted by molar-refractivity contribution is 5.80. The Morgan fingerprint density at radius 3 is 2.61 bits per heavy atom. The first-order valence-corrected chi connectivity index (χ1v) is 7.23. The van der Waals surface area contributed by atoms with Crippen LogP contribution in [0.2, 0.25) is 0 Å². The van der Waals surface area contributed by atoms with Gasteiger partial charge in [-0.1, -0.05) is 6.92 Å². The highest BCUT2D eigenvalue weighted by atomic mass is 16.4. The smallest absolute Gasteiger partial charge is 0.325 e. The number of carbonyl (C=O) groups is 1. The van der Waals surface area contributed by atoms with Crippen molar-refractivity contribution in [3.8, 4) is 0 Å². The van der Waals surface area contributed by atoms with Crippen LogP contribution in [0.15, 0.2) is 0 Å². The minimum Gasteiger partial charge on any atom is -0.480 e. The van der Waals surface area contributed by atoms with Gasteiger partial charge in [-0.3, -0.25) is 4.79 Å². The zero-order chi connectivity index (χ0) is 13.2. The summed E-state index contributed by atoms with van der Waals surface area (Å²) in [5.41, 5.74) is -0.715. The zero-order valence-electron chi connectivity index (χ0n) is 11.6. The molecule has 0 aromatic carbocycles. The van der Waals surface area contributed by atoms with Crippen molar-refractivity contribution in [3.63, 3.8) is 0 Å². The van der Waals surface area contributed by atoms with Crippen LogP contribution in [0.3, 0.4) is 0 Å². The molecule has 0 radical (unpaired) electrons. The molecule has 2 atom stereocenters. The third-order valence-corrected chi connectivity index (χ3v) is 4.68. The molecular weight excluding hydrogens is 228 g/mol. The van der Waals surface area contributed by atoms with Crippen molar-refractivity contribution >= 4 is 5.97 Å². The van der Waals surface area contributed by atoms with E-state index in [0.29, 0.717) is 12.5 Å². The summed E-state index contributed by atoms with van der Waals surface area (Å²) < 4.78 is 0. The second-order valence-electron chi connectivity index (χ2n) is 6.11. The van der Waals surface area contributed by atoms with Crippen molar-refractivity contribution in [3.05, 3.63) is 0 Å². The molecule has 4 nitrogen and oxygen atoms in total. The van der Waals surface area contributed by atoms with E-state index in [0.717, 1.165) is 31.8 Å². The van der Waals surface area contributed by atoms with Gasteiger partial charge in [-0.05, 0) is 64.1 Å². The van der Waals surface area contributed by atoms with Crippen LogP contribution in [0.1, 0.15) is 39.0 Å². The van der Waals surface area contributed by atoms with Crippen LogP contribution in [0.5, 0.6) is 0 Å². The number of hydrogen-bond donors (Lipinski definition) is 2. The van der Waals surface area contributed by atoms with Gasteiger partial charge in [-0.25, -0.2) is 0 Å². The Morgan fingerprint density at radius 1 is 1.33 bits per heavy atom. The van der Waals surface area contributed by atoms with Crippen molar-refractivity contribution in [1.29, 1.82) is 0 Å². The van der Waals surface area contributed by atoms with Gasteiger partial charge in [-0.2, -0.15) is 0 Å². The highest BCUT2D eigenvalue weighted by Crippen LogP contribution is 2.40. The van der Waals surface area contributed by atoms with Gasteiger partial charge in [0.2, 0.25) is 0 Å². The number of likely N-dealkylation sites (N-methyl/N-ethyl adjacent to an activating group) is 1. The molecule has 18 heavy (non-hydrogen) atoms. The molecule has 0 amide bonds. The van der Waals surface area contributed by atoms with Crippen molar-refractivity contribution in [2.24, 2.45) is 11.8 Å². The second-order valence-corrected chi connectivity index (χ2v) is 6.11. The number of nitrogens with zero attached hydrogens (tertiary/aromatic N) is 1. The molecule has 1 aliphatic carbocycles. The number of aliphatic carboxylic acids is 1. The largest absolute Gasteiger partial charge is 0.480 e. The minimum atomic E-state index is -0.715. The Balaban J connectivity index is 2.02. The molecule has 0 bridgehead atoms. The normalized spacial score (nSPS) is 29.6. The Bertz CT molecular complexity index is 304. The van der Waals surface area contributed by atoms with E-state index in [4.69, 9.17) is 0 Å². The fraction of sp³-hybridized carbons (Fsp3) is 0.929. The molecule has 2 unspecified atom stereocenters. The second kappa shape index (κ2) is 5.57. The zero-order valence-corrected chi connectivity index (χ0v) is 11.6. The molecule has 0 aromatic heterocycles. The first-order valence-electron chi connectivity index (χ1n) is 7.23. The van der Waals surface area contributed by atoms with Gasteiger partial charge < -0.3 is 15.3 Å². The summed E-state index contributed by atoms with van der Waals surface area (Å²) in [6, 6.07) is 0. The number of carboxylic acids is 1. The van der Waals surface area contributed by atoms with E-state index in [9.17, 15) is 9.90 Å². The van der Waals surface area contributed by atoms with E-state index in [1.807, 2.05) is 0 Å². The minimum absolute atomic E-state index is 0.320. The molecule has 2 fully saturated rings. The van der Waals surface area contributed by atoms with Crippen molar-refractivity contribution in [1.82, 2.24) is 10.2 Å². The molecular formula is C14H26N2O2. The fourth-order valence-electron chi connectivity index (χ4n) is 3.17. The van der Waals surface area contributed by atoms with Gasteiger partial charge in [0.25, 0.3) is 0 Å². The van der Waals surface area contributed by atoms with Crippen LogP contribution in [0.25, 0.3) is 0 Å². The summed E-state index contributed by atoms with van der Waals surface area (Å²) in [5.74, 6) is 0.426. The quantitative estimate of drug-likeness (QED) is 0.782. The monoisotopic (exact) mass is 254 g/mol. The third-order valence-electron chi connectivity index (χ3n) is 4.68. The van der Waals surface area contributed by atoms with E-state index < -0.39 is 11.5 Å². The lowest BCUT2D eigenvalue weighted by atomic mass is 9.92. The van der Waals surface area contributed by atoms with Crippen molar-refractivity contribution in [2.75, 3.05) is 26.7 Å². The fourth-order valence-corrected chi connectivity index (χ4v) is 3.17. The number of hydrogen-bond acceptors (Lipinski definition) is 3. The van der Waals surface area contributed by atoms with E-state index in [2.05, 4.69) is 17.1 Å². The van der Waals surface area contributed by atoms with Crippen LogP contribution in [-0.4, -0.2) is 48.2 Å². The molecule has 2 N–H and O–H groups in total. The Morgan fingerprint density at radius 2 is 2.06 bits per heavy atom. The van der Waals surface area contributed by atoms with Gasteiger partial charge in [0.15, 0.2) is 0 Å². The summed E-state index contributed by atoms with van der Waals surface area (Å²) in [4.78, 5) is 14.0. The van der Waals surface area contributed by atoms with Gasteiger partial charge in [-0.15, -0.1) is 0 Å². The average molecular weight is 254 g/mol. The molecule has 2 rings (SSSR count). The molecule has 1 heterocycles. The molecule has 0 spiro atoms. The number of carboxylic acid groups (broad SMARTS) is 1. The highest BCUT2D eigenvalue weighted by Gasteiger charge is 2.51. The summed E-state index contributed by atoms with van der Waals surface area (Å²) >= 11 is 0. The Kier molecular flexibility index (Phi) is 4.28. The molecule has 1 saturated heterocycles. The summed E-state index contributed by atoms with van der Waals surface area (Å²) in [5, 5.41) is 12.7. The predicted molar refractivity (Wildman–Crippen MR) is 71.6 cm³/mol. The first kappa shape index (κ1) is 13.8. The first-order chi connectivity index (χ1) is 8.58. The van der Waals surface area contributed by atoms with E-state index in [1.54, 1.807) is 7.05 Å². The van der Waals surface area contributed by atoms with Gasteiger partial charge in [0.05, 0.1) is 0 Å². The van der Waals surface area contributed by atoms with E-state index >= 15 is 0 Å². The van der Waals surface area contributed by atoms with Gasteiger partial charge >= 0.3 is 5.97 Å². The van der Waals surface area contributed by atoms with Gasteiger partial charge in [0.1, 0.15) is 5.54 Å². The lowest BCUT2D eigenvalue weighted by Crippen LogP contribution is -2.59. The van der Waals surface area contributed by atoms with Gasteiger partial charge in [0, 0.05) is 6.54 Å². The summed E-state index contributed by atoms with van der Waals surface area (Å²) in [7, 11) is 1.80. The maximum Gasteiger partial charge on any atom is 0.325 e. The maximum absolute atomic E-state index is 11.7. The van der Waals surface area contributed by atoms with E-state index in [1.165, 1.54) is 19.3 Å². The molecule has 104 valence electrons. The van der Waals surface area contributed by atoms with Crippen LogP contribution in [-0.2, 0) is 4.79 Å². The molecule has 0 aromatic rings. The lowest BCUT2D eigenvalue weighted by Gasteiger charge is -2.34. The maximum atomic E-state index is 11.7. The topological polar surface area (TPSA) is 52.6 Å². The van der Waals surface area contributed by atoms with Crippen LogP contribution < -0.4 is 5.32 Å².